The van der Waals surface area contributed by atoms with E-state index in [1.165, 1.54) is 25.7 Å². The molecule has 0 spiro atoms. The second-order valence-electron chi connectivity index (χ2n) is 5.88. The van der Waals surface area contributed by atoms with Gasteiger partial charge in [-0.3, -0.25) is 0 Å². The van der Waals surface area contributed by atoms with E-state index in [0.717, 1.165) is 31.0 Å². The van der Waals surface area contributed by atoms with Crippen molar-refractivity contribution in [3.63, 3.8) is 0 Å². The summed E-state index contributed by atoms with van der Waals surface area (Å²) in [5.41, 5.74) is 1.58. The van der Waals surface area contributed by atoms with Gasteiger partial charge in [-0.1, -0.05) is 37.1 Å². The number of halogens is 1. The zero-order chi connectivity index (χ0) is 14.4. The second-order valence-corrected chi connectivity index (χ2v) is 6.26. The number of nitrogens with one attached hydrogen (secondary N) is 1. The molecule has 2 rings (SSSR count). The summed E-state index contributed by atoms with van der Waals surface area (Å²) in [7, 11) is 0. The van der Waals surface area contributed by atoms with Crippen molar-refractivity contribution in [2.24, 2.45) is 5.92 Å². The van der Waals surface area contributed by atoms with E-state index in [1.807, 2.05) is 0 Å². The van der Waals surface area contributed by atoms with Crippen molar-refractivity contribution in [2.75, 3.05) is 11.9 Å². The van der Waals surface area contributed by atoms with E-state index in [1.54, 1.807) is 11.6 Å². The molecule has 20 heavy (non-hydrogen) atoms. The summed E-state index contributed by atoms with van der Waals surface area (Å²) in [5.74, 6) is 2.21. The number of rotatable bonds is 6. The van der Waals surface area contributed by atoms with Gasteiger partial charge in [-0.05, 0) is 38.0 Å². The van der Waals surface area contributed by atoms with Gasteiger partial charge in [-0.25, -0.2) is 9.97 Å². The van der Waals surface area contributed by atoms with Gasteiger partial charge in [-0.15, -0.1) is 0 Å². The Morgan fingerprint density at radius 2 is 2.15 bits per heavy atom. The van der Waals surface area contributed by atoms with Crippen LogP contribution in [0.1, 0.15) is 51.8 Å². The van der Waals surface area contributed by atoms with Gasteiger partial charge in [0.15, 0.2) is 0 Å². The van der Waals surface area contributed by atoms with E-state index in [2.05, 4.69) is 35.2 Å². The van der Waals surface area contributed by atoms with Crippen molar-refractivity contribution in [3.8, 4) is 0 Å². The van der Waals surface area contributed by atoms with Crippen LogP contribution < -0.4 is 5.32 Å². The van der Waals surface area contributed by atoms with Gasteiger partial charge in [0.25, 0.3) is 0 Å². The van der Waals surface area contributed by atoms with E-state index in [4.69, 9.17) is 11.6 Å². The molecular formula is C16H24ClN3. The first-order chi connectivity index (χ1) is 9.63. The molecule has 0 saturated heterocycles. The van der Waals surface area contributed by atoms with Gasteiger partial charge in [0.2, 0.25) is 0 Å². The maximum atomic E-state index is 6.06. The lowest BCUT2D eigenvalue weighted by molar-refractivity contribution is 0.621. The topological polar surface area (TPSA) is 37.8 Å². The van der Waals surface area contributed by atoms with Gasteiger partial charge in [0.05, 0.1) is 0 Å². The molecule has 0 fully saturated rings. The van der Waals surface area contributed by atoms with Gasteiger partial charge >= 0.3 is 0 Å². The minimum Gasteiger partial charge on any atom is -0.370 e. The Kier molecular flexibility index (Phi) is 5.84. The lowest BCUT2D eigenvalue weighted by atomic mass is 9.97. The van der Waals surface area contributed by atoms with Crippen molar-refractivity contribution in [1.29, 1.82) is 0 Å². The van der Waals surface area contributed by atoms with Crippen LogP contribution in [-0.4, -0.2) is 16.5 Å². The molecule has 1 aromatic rings. The Balaban J connectivity index is 1.88. The van der Waals surface area contributed by atoms with Crippen molar-refractivity contribution < 1.29 is 0 Å². The molecule has 1 N–H and O–H groups in total. The summed E-state index contributed by atoms with van der Waals surface area (Å²) in [6.45, 7) is 5.24. The quantitative estimate of drug-likeness (QED) is 0.614. The second kappa shape index (κ2) is 7.63. The normalized spacial score (nSPS) is 15.3. The molecule has 0 amide bonds. The third-order valence-corrected chi connectivity index (χ3v) is 3.66. The molecule has 0 atom stereocenters. The van der Waals surface area contributed by atoms with Crippen LogP contribution in [0.3, 0.4) is 0 Å². The molecule has 1 aliphatic rings. The number of allylic oxidation sites excluding steroid dienone is 1. The standard InChI is InChI=1S/C16H24ClN3/c1-12(2)10-16-19-14(17)11-15(20-16)18-9-8-13-6-4-3-5-7-13/h6,11-12H,3-5,7-10H2,1-2H3,(H,18,19,20). The Bertz CT molecular complexity index is 469. The summed E-state index contributed by atoms with van der Waals surface area (Å²) in [6.07, 6.45) is 9.53. The number of nitrogens with zero attached hydrogens (tertiary/aromatic N) is 2. The molecule has 0 aliphatic heterocycles. The predicted molar refractivity (Wildman–Crippen MR) is 85.2 cm³/mol. The first-order valence-electron chi connectivity index (χ1n) is 7.58. The molecule has 0 saturated carbocycles. The predicted octanol–water partition coefficient (Wildman–Crippen LogP) is 4.63. The Morgan fingerprint density at radius 1 is 1.30 bits per heavy atom. The Morgan fingerprint density at radius 3 is 2.85 bits per heavy atom. The highest BCUT2D eigenvalue weighted by Gasteiger charge is 2.07. The monoisotopic (exact) mass is 293 g/mol. The van der Waals surface area contributed by atoms with E-state index in [0.29, 0.717) is 11.1 Å². The molecular weight excluding hydrogens is 270 g/mol. The highest BCUT2D eigenvalue weighted by molar-refractivity contribution is 6.29. The Hall–Kier alpha value is -1.09. The summed E-state index contributed by atoms with van der Waals surface area (Å²) < 4.78 is 0. The summed E-state index contributed by atoms with van der Waals surface area (Å²) in [6, 6.07) is 1.81. The summed E-state index contributed by atoms with van der Waals surface area (Å²) >= 11 is 6.06. The van der Waals surface area contributed by atoms with Crippen LogP contribution in [0.25, 0.3) is 0 Å². The third kappa shape index (κ3) is 5.12. The largest absolute Gasteiger partial charge is 0.370 e. The maximum Gasteiger partial charge on any atom is 0.134 e. The third-order valence-electron chi connectivity index (χ3n) is 3.47. The van der Waals surface area contributed by atoms with Crippen LogP contribution in [0.2, 0.25) is 5.15 Å². The number of aromatic nitrogens is 2. The van der Waals surface area contributed by atoms with Gasteiger partial charge in [-0.2, -0.15) is 0 Å². The minimum absolute atomic E-state index is 0.523. The van der Waals surface area contributed by atoms with Crippen LogP contribution in [0.15, 0.2) is 17.7 Å². The fourth-order valence-corrected chi connectivity index (χ4v) is 2.70. The maximum absolute atomic E-state index is 6.06. The van der Waals surface area contributed by atoms with Crippen LogP contribution in [0, 0.1) is 5.92 Å². The highest BCUT2D eigenvalue weighted by atomic mass is 35.5. The average molecular weight is 294 g/mol. The molecule has 3 nitrogen and oxygen atoms in total. The average Bonchev–Trinajstić information content (AvgIpc) is 2.38. The van der Waals surface area contributed by atoms with E-state index in [9.17, 15) is 0 Å². The van der Waals surface area contributed by atoms with Crippen molar-refractivity contribution in [1.82, 2.24) is 9.97 Å². The number of hydrogen-bond acceptors (Lipinski definition) is 3. The van der Waals surface area contributed by atoms with E-state index < -0.39 is 0 Å². The lowest BCUT2D eigenvalue weighted by Crippen LogP contribution is -2.09. The molecule has 1 aliphatic carbocycles. The number of hydrogen-bond donors (Lipinski definition) is 1. The minimum atomic E-state index is 0.523. The molecule has 1 heterocycles. The smallest absolute Gasteiger partial charge is 0.134 e. The zero-order valence-corrected chi connectivity index (χ0v) is 13.2. The molecule has 4 heteroatoms. The zero-order valence-electron chi connectivity index (χ0n) is 12.5. The van der Waals surface area contributed by atoms with E-state index in [-0.39, 0.29) is 0 Å². The number of anilines is 1. The van der Waals surface area contributed by atoms with Crippen LogP contribution in [0.5, 0.6) is 0 Å². The molecule has 0 aromatic carbocycles. The summed E-state index contributed by atoms with van der Waals surface area (Å²) in [4.78, 5) is 8.81. The van der Waals surface area contributed by atoms with Crippen molar-refractivity contribution >= 4 is 17.4 Å². The fraction of sp³-hybridized carbons (Fsp3) is 0.625. The molecule has 0 unspecified atom stereocenters. The SMILES string of the molecule is CC(C)Cc1nc(Cl)cc(NCCC2=CCCCC2)n1. The van der Waals surface area contributed by atoms with Crippen LogP contribution in [0.4, 0.5) is 5.82 Å². The van der Waals surface area contributed by atoms with Gasteiger partial charge in [0.1, 0.15) is 16.8 Å². The van der Waals surface area contributed by atoms with E-state index >= 15 is 0 Å². The highest BCUT2D eigenvalue weighted by Crippen LogP contribution is 2.20. The Labute approximate surface area is 126 Å². The first-order valence-corrected chi connectivity index (χ1v) is 7.96. The molecule has 1 aromatic heterocycles. The van der Waals surface area contributed by atoms with Gasteiger partial charge < -0.3 is 5.32 Å². The van der Waals surface area contributed by atoms with Crippen LogP contribution in [-0.2, 0) is 6.42 Å². The van der Waals surface area contributed by atoms with Crippen molar-refractivity contribution in [3.05, 3.63) is 28.7 Å². The summed E-state index contributed by atoms with van der Waals surface area (Å²) in [5, 5.41) is 3.89. The molecule has 0 bridgehead atoms. The molecule has 110 valence electrons. The first kappa shape index (κ1) is 15.3. The van der Waals surface area contributed by atoms with Gasteiger partial charge in [0, 0.05) is 19.0 Å². The molecule has 0 radical (unpaired) electrons. The fourth-order valence-electron chi connectivity index (χ4n) is 2.49. The van der Waals surface area contributed by atoms with Crippen molar-refractivity contribution in [2.45, 2.75) is 52.4 Å². The lowest BCUT2D eigenvalue weighted by Gasteiger charge is -2.13. The van der Waals surface area contributed by atoms with Crippen LogP contribution >= 0.6 is 11.6 Å².